The van der Waals surface area contributed by atoms with Gasteiger partial charge in [-0.1, -0.05) is 29.4 Å². The number of nitrogens with one attached hydrogen (secondary N) is 2. The molecule has 2 amide bonds. The first-order valence-corrected chi connectivity index (χ1v) is 11.8. The molecule has 1 aromatic heterocycles. The Morgan fingerprint density at radius 2 is 1.89 bits per heavy atom. The summed E-state index contributed by atoms with van der Waals surface area (Å²) in [5.41, 5.74) is 10.5. The number of nitrogens with zero attached hydrogens (tertiary/aromatic N) is 4. The number of carbonyl (C=O) groups excluding carboxylic acids is 2. The number of anilines is 1. The predicted molar refractivity (Wildman–Crippen MR) is 133 cm³/mol. The predicted octanol–water partition coefficient (Wildman–Crippen LogP) is 5.09. The molecular formula is C26H22F2N6O4. The van der Waals surface area contributed by atoms with E-state index in [1.165, 1.54) is 12.1 Å². The Morgan fingerprint density at radius 3 is 2.66 bits per heavy atom. The molecule has 2 heterocycles. The Balaban J connectivity index is 1.33. The highest BCUT2D eigenvalue weighted by atomic mass is 19.3. The number of azide groups is 1. The topological polar surface area (TPSA) is 138 Å². The molecule has 5 rings (SSSR count). The number of hydrogen-bond acceptors (Lipinski definition) is 6. The summed E-state index contributed by atoms with van der Waals surface area (Å²) in [5, 5.41) is 8.93. The second-order valence-corrected chi connectivity index (χ2v) is 9.02. The number of aryl methyl sites for hydroxylation is 1. The molecule has 0 bridgehead atoms. The number of aromatic nitrogens is 1. The molecule has 0 unspecified atom stereocenters. The number of ether oxygens (including phenoxy) is 2. The van der Waals surface area contributed by atoms with Gasteiger partial charge in [-0.25, -0.2) is 4.98 Å². The quantitative estimate of drug-likeness (QED) is 0.184. The molecule has 2 aromatic carbocycles. The van der Waals surface area contributed by atoms with Gasteiger partial charge in [0, 0.05) is 29.1 Å². The number of halogens is 2. The van der Waals surface area contributed by atoms with E-state index in [9.17, 15) is 18.4 Å². The van der Waals surface area contributed by atoms with Crippen LogP contribution in [0.4, 0.5) is 14.6 Å². The van der Waals surface area contributed by atoms with Crippen molar-refractivity contribution in [1.29, 1.82) is 0 Å². The molecule has 12 heteroatoms. The van der Waals surface area contributed by atoms with Crippen molar-refractivity contribution in [3.8, 4) is 22.8 Å². The van der Waals surface area contributed by atoms with Gasteiger partial charge in [-0.3, -0.25) is 9.59 Å². The lowest BCUT2D eigenvalue weighted by Crippen LogP contribution is -2.28. The van der Waals surface area contributed by atoms with E-state index in [1.807, 2.05) is 19.1 Å². The van der Waals surface area contributed by atoms with Crippen LogP contribution in [0.1, 0.15) is 34.3 Å². The van der Waals surface area contributed by atoms with E-state index in [-0.39, 0.29) is 36.4 Å². The van der Waals surface area contributed by atoms with Crippen molar-refractivity contribution in [2.24, 2.45) is 5.11 Å². The lowest BCUT2D eigenvalue weighted by Gasteiger charge is -2.17. The van der Waals surface area contributed by atoms with Crippen LogP contribution in [0.15, 0.2) is 59.7 Å². The summed E-state index contributed by atoms with van der Waals surface area (Å²) in [6, 6.07) is 14.8. The number of amides is 2. The number of hydrogen-bond donors (Lipinski definition) is 2. The monoisotopic (exact) mass is 520 g/mol. The van der Waals surface area contributed by atoms with E-state index >= 15 is 0 Å². The van der Waals surface area contributed by atoms with Crippen molar-refractivity contribution in [1.82, 2.24) is 10.3 Å². The largest absolute Gasteiger partial charge is 0.586 e. The van der Waals surface area contributed by atoms with Gasteiger partial charge in [-0.05, 0) is 66.8 Å². The summed E-state index contributed by atoms with van der Waals surface area (Å²) < 4.78 is 35.8. The smallest absolute Gasteiger partial charge is 0.395 e. The molecule has 0 spiro atoms. The van der Waals surface area contributed by atoms with E-state index in [4.69, 9.17) is 5.53 Å². The van der Waals surface area contributed by atoms with Crippen molar-refractivity contribution >= 4 is 17.6 Å². The highest BCUT2D eigenvalue weighted by molar-refractivity contribution is 6.01. The molecule has 0 radical (unpaired) electrons. The van der Waals surface area contributed by atoms with Crippen LogP contribution in [0, 0.1) is 6.92 Å². The van der Waals surface area contributed by atoms with Crippen LogP contribution >= 0.6 is 0 Å². The third-order valence-electron chi connectivity index (χ3n) is 6.44. The van der Waals surface area contributed by atoms with Crippen LogP contribution in [0.5, 0.6) is 11.5 Å². The number of pyridine rings is 1. The molecule has 194 valence electrons. The normalized spacial score (nSPS) is 15.8. The highest BCUT2D eigenvalue weighted by Crippen LogP contribution is 2.52. The number of alkyl halides is 2. The molecule has 10 nitrogen and oxygen atoms in total. The van der Waals surface area contributed by atoms with Crippen LogP contribution in [-0.4, -0.2) is 36.2 Å². The van der Waals surface area contributed by atoms with Gasteiger partial charge in [-0.15, -0.1) is 8.78 Å². The molecule has 2 aliphatic rings. The van der Waals surface area contributed by atoms with E-state index in [0.717, 1.165) is 5.56 Å². The highest BCUT2D eigenvalue weighted by Gasteiger charge is 2.53. The zero-order valence-corrected chi connectivity index (χ0v) is 20.2. The average molecular weight is 520 g/mol. The second-order valence-electron chi connectivity index (χ2n) is 9.02. The number of benzene rings is 2. The SMILES string of the molecule is Cc1ccc(NC(=O)C2(c3ccc4c(c3)OC(F)(F)O4)CC2)nc1-c1cccc(C(=O)NCCN=[N+]=[N-])c1. The standard InChI is InChI=1S/C26H22F2N6O4/c1-15-5-8-21(32-22(15)16-3-2-4-17(13-16)23(35)30-11-12-31-34-29)33-24(36)25(9-10-25)18-6-7-19-20(14-18)38-26(27,28)37-19/h2-8,13-14H,9-12H2,1H3,(H,30,35)(H,32,33,36). The van der Waals surface area contributed by atoms with Crippen molar-refractivity contribution in [3.05, 3.63) is 81.7 Å². The van der Waals surface area contributed by atoms with Gasteiger partial charge >= 0.3 is 6.29 Å². The van der Waals surface area contributed by atoms with Crippen LogP contribution in [0.3, 0.4) is 0 Å². The molecule has 1 aliphatic carbocycles. The fourth-order valence-corrected chi connectivity index (χ4v) is 4.32. The number of fused-ring (bicyclic) bond motifs is 1. The Morgan fingerprint density at radius 1 is 1.11 bits per heavy atom. The average Bonchev–Trinajstić information content (AvgIpc) is 3.64. The zero-order valence-electron chi connectivity index (χ0n) is 20.2. The first kappa shape index (κ1) is 25.0. The maximum atomic E-state index is 13.4. The zero-order chi connectivity index (χ0) is 26.9. The first-order valence-electron chi connectivity index (χ1n) is 11.8. The van der Waals surface area contributed by atoms with Crippen LogP contribution in [0.2, 0.25) is 0 Å². The minimum atomic E-state index is -3.73. The number of carbonyl (C=O) groups is 2. The van der Waals surface area contributed by atoms with E-state index in [2.05, 4.69) is 35.1 Å². The van der Waals surface area contributed by atoms with Gasteiger partial charge in [0.25, 0.3) is 5.91 Å². The third kappa shape index (κ3) is 4.94. The van der Waals surface area contributed by atoms with Crippen molar-refractivity contribution < 1.29 is 27.8 Å². The van der Waals surface area contributed by atoms with Gasteiger partial charge in [-0.2, -0.15) is 0 Å². The van der Waals surface area contributed by atoms with Gasteiger partial charge in [0.2, 0.25) is 5.91 Å². The lowest BCUT2D eigenvalue weighted by molar-refractivity contribution is -0.286. The maximum Gasteiger partial charge on any atom is 0.586 e. The van der Waals surface area contributed by atoms with Gasteiger partial charge < -0.3 is 20.1 Å². The van der Waals surface area contributed by atoms with Crippen LogP contribution < -0.4 is 20.1 Å². The van der Waals surface area contributed by atoms with E-state index in [0.29, 0.717) is 41.0 Å². The summed E-state index contributed by atoms with van der Waals surface area (Å²) in [5.74, 6) is -0.494. The first-order chi connectivity index (χ1) is 18.2. The van der Waals surface area contributed by atoms with E-state index in [1.54, 1.807) is 30.3 Å². The summed E-state index contributed by atoms with van der Waals surface area (Å²) in [4.78, 5) is 33.0. The fourth-order valence-electron chi connectivity index (χ4n) is 4.32. The van der Waals surface area contributed by atoms with Gasteiger partial charge in [0.1, 0.15) is 5.82 Å². The molecule has 1 aliphatic heterocycles. The van der Waals surface area contributed by atoms with Gasteiger partial charge in [0.15, 0.2) is 11.5 Å². The third-order valence-corrected chi connectivity index (χ3v) is 6.44. The summed E-state index contributed by atoms with van der Waals surface area (Å²) in [6.45, 7) is 2.22. The lowest BCUT2D eigenvalue weighted by atomic mass is 9.94. The molecule has 0 saturated heterocycles. The van der Waals surface area contributed by atoms with Crippen LogP contribution in [0.25, 0.3) is 21.7 Å². The summed E-state index contributed by atoms with van der Waals surface area (Å²) >= 11 is 0. The summed E-state index contributed by atoms with van der Waals surface area (Å²) in [7, 11) is 0. The van der Waals surface area contributed by atoms with Crippen molar-refractivity contribution in [3.63, 3.8) is 0 Å². The molecule has 3 aromatic rings. The molecule has 2 N–H and O–H groups in total. The molecular weight excluding hydrogens is 498 g/mol. The number of rotatable bonds is 8. The van der Waals surface area contributed by atoms with Gasteiger partial charge in [0.05, 0.1) is 11.1 Å². The molecule has 1 fully saturated rings. The minimum absolute atomic E-state index is 0.0774. The Hall–Kier alpha value is -4.70. The van der Waals surface area contributed by atoms with Crippen molar-refractivity contribution in [2.45, 2.75) is 31.5 Å². The second kappa shape index (κ2) is 9.64. The van der Waals surface area contributed by atoms with Crippen LogP contribution in [-0.2, 0) is 10.2 Å². The fraction of sp³-hybridized carbons (Fsp3) is 0.269. The Bertz CT molecular complexity index is 1480. The minimum Gasteiger partial charge on any atom is -0.395 e. The van der Waals surface area contributed by atoms with E-state index < -0.39 is 11.7 Å². The van der Waals surface area contributed by atoms with Crippen molar-refractivity contribution in [2.75, 3.05) is 18.4 Å². The Labute approximate surface area is 215 Å². The maximum absolute atomic E-state index is 13.4. The summed E-state index contributed by atoms with van der Waals surface area (Å²) in [6.07, 6.45) is -2.64. The Kier molecular flexibility index (Phi) is 6.33. The molecule has 0 atom stereocenters. The molecule has 1 saturated carbocycles. The molecule has 38 heavy (non-hydrogen) atoms.